The van der Waals surface area contributed by atoms with Crippen LogP contribution < -0.4 is 4.72 Å². The van der Waals surface area contributed by atoms with E-state index < -0.39 is 10.0 Å². The van der Waals surface area contributed by atoms with Gasteiger partial charge in [-0.1, -0.05) is 42.5 Å². The van der Waals surface area contributed by atoms with E-state index in [4.69, 9.17) is 0 Å². The standard InChI is InChI=1S/C24H27N3O3S2/c1-19-9-10-21(16-23(19)32(29,30)25-17-20-6-3-2-4-7-20)24(28)27-13-11-26(12-14-27)18-22-8-5-15-31-22/h2-10,15-16,25H,11-14,17-18H2,1H3. The number of aryl methyl sites for hydroxylation is 1. The zero-order valence-corrected chi connectivity index (χ0v) is 19.7. The van der Waals surface area contributed by atoms with Gasteiger partial charge in [0.1, 0.15) is 0 Å². The summed E-state index contributed by atoms with van der Waals surface area (Å²) in [5.41, 5.74) is 1.90. The molecule has 0 aliphatic carbocycles. The highest BCUT2D eigenvalue weighted by Gasteiger charge is 2.24. The van der Waals surface area contributed by atoms with Gasteiger partial charge in [0.15, 0.2) is 0 Å². The van der Waals surface area contributed by atoms with Crippen LogP contribution in [0.15, 0.2) is 70.9 Å². The maximum absolute atomic E-state index is 13.1. The van der Waals surface area contributed by atoms with Crippen LogP contribution >= 0.6 is 11.3 Å². The van der Waals surface area contributed by atoms with Gasteiger partial charge in [0, 0.05) is 49.7 Å². The molecular formula is C24H27N3O3S2. The normalized spacial score (nSPS) is 15.1. The highest BCUT2D eigenvalue weighted by molar-refractivity contribution is 7.89. The minimum absolute atomic E-state index is 0.125. The van der Waals surface area contributed by atoms with Crippen molar-refractivity contribution in [1.29, 1.82) is 0 Å². The molecule has 4 rings (SSSR count). The van der Waals surface area contributed by atoms with E-state index in [1.807, 2.05) is 35.2 Å². The number of carbonyl (C=O) groups excluding carboxylic acids is 1. The predicted molar refractivity (Wildman–Crippen MR) is 127 cm³/mol. The second-order valence-electron chi connectivity index (χ2n) is 7.94. The smallest absolute Gasteiger partial charge is 0.253 e. The summed E-state index contributed by atoms with van der Waals surface area (Å²) >= 11 is 1.74. The second-order valence-corrected chi connectivity index (χ2v) is 10.7. The van der Waals surface area contributed by atoms with Gasteiger partial charge in [0.05, 0.1) is 4.90 Å². The minimum atomic E-state index is -3.74. The predicted octanol–water partition coefficient (Wildman–Crippen LogP) is 3.49. The molecule has 0 radical (unpaired) electrons. The van der Waals surface area contributed by atoms with Crippen molar-refractivity contribution in [3.8, 4) is 0 Å². The molecule has 1 aliphatic heterocycles. The Hall–Kier alpha value is -2.52. The molecule has 8 heteroatoms. The molecule has 0 atom stereocenters. The Morgan fingerprint density at radius 1 is 1.00 bits per heavy atom. The SMILES string of the molecule is Cc1ccc(C(=O)N2CCN(Cc3cccs3)CC2)cc1S(=O)(=O)NCc1ccccc1. The zero-order valence-electron chi connectivity index (χ0n) is 18.0. The summed E-state index contributed by atoms with van der Waals surface area (Å²) in [4.78, 5) is 18.7. The number of nitrogens with zero attached hydrogens (tertiary/aromatic N) is 2. The van der Waals surface area contributed by atoms with Crippen LogP contribution in [0.1, 0.15) is 26.4 Å². The van der Waals surface area contributed by atoms with E-state index in [0.29, 0.717) is 24.2 Å². The summed E-state index contributed by atoms with van der Waals surface area (Å²) in [5, 5.41) is 2.08. The first kappa shape index (κ1) is 22.7. The minimum Gasteiger partial charge on any atom is -0.336 e. The second kappa shape index (κ2) is 9.95. The van der Waals surface area contributed by atoms with Gasteiger partial charge in [0.2, 0.25) is 10.0 Å². The van der Waals surface area contributed by atoms with Gasteiger partial charge in [-0.15, -0.1) is 11.3 Å². The van der Waals surface area contributed by atoms with Crippen LogP contribution in [0, 0.1) is 6.92 Å². The first-order valence-electron chi connectivity index (χ1n) is 10.6. The Morgan fingerprint density at radius 2 is 1.75 bits per heavy atom. The van der Waals surface area contributed by atoms with E-state index in [1.165, 1.54) is 10.9 Å². The summed E-state index contributed by atoms with van der Waals surface area (Å²) in [5.74, 6) is -0.125. The molecule has 0 bridgehead atoms. The number of nitrogens with one attached hydrogen (secondary N) is 1. The van der Waals surface area contributed by atoms with E-state index in [9.17, 15) is 13.2 Å². The molecule has 0 spiro atoms. The van der Waals surface area contributed by atoms with Crippen LogP contribution in [-0.2, 0) is 23.1 Å². The quantitative estimate of drug-likeness (QED) is 0.575. The van der Waals surface area contributed by atoms with Crippen LogP contribution in [0.5, 0.6) is 0 Å². The van der Waals surface area contributed by atoms with Crippen LogP contribution in [0.3, 0.4) is 0 Å². The molecule has 1 fully saturated rings. The molecule has 1 amide bonds. The first-order chi connectivity index (χ1) is 15.4. The molecule has 0 saturated carbocycles. The maximum atomic E-state index is 13.1. The number of amides is 1. The number of rotatable bonds is 7. The fourth-order valence-electron chi connectivity index (χ4n) is 3.79. The van der Waals surface area contributed by atoms with E-state index in [2.05, 4.69) is 27.1 Å². The third kappa shape index (κ3) is 5.45. The number of sulfonamides is 1. The van der Waals surface area contributed by atoms with Gasteiger partial charge in [-0.3, -0.25) is 9.69 Å². The molecular weight excluding hydrogens is 442 g/mol. The van der Waals surface area contributed by atoms with Gasteiger partial charge in [-0.2, -0.15) is 0 Å². The Labute approximate surface area is 193 Å². The lowest BCUT2D eigenvalue weighted by atomic mass is 10.1. The van der Waals surface area contributed by atoms with Crippen molar-refractivity contribution < 1.29 is 13.2 Å². The van der Waals surface area contributed by atoms with Crippen molar-refractivity contribution in [1.82, 2.24) is 14.5 Å². The number of thiophene rings is 1. The van der Waals surface area contributed by atoms with Crippen molar-refractivity contribution in [2.75, 3.05) is 26.2 Å². The van der Waals surface area contributed by atoms with Crippen LogP contribution in [0.4, 0.5) is 0 Å². The summed E-state index contributed by atoms with van der Waals surface area (Å²) in [7, 11) is -3.74. The van der Waals surface area contributed by atoms with Crippen molar-refractivity contribution >= 4 is 27.3 Å². The lowest BCUT2D eigenvalue weighted by molar-refractivity contribution is 0.0629. The third-order valence-corrected chi connectivity index (χ3v) is 8.06. The molecule has 0 unspecified atom stereocenters. The van der Waals surface area contributed by atoms with Gasteiger partial charge < -0.3 is 4.90 Å². The Balaban J connectivity index is 1.42. The Bertz CT molecular complexity index is 1150. The summed E-state index contributed by atoms with van der Waals surface area (Å²) in [6, 6.07) is 18.5. The van der Waals surface area contributed by atoms with Gasteiger partial charge in [-0.05, 0) is 41.6 Å². The van der Waals surface area contributed by atoms with E-state index in [0.717, 1.165) is 25.2 Å². The average molecular weight is 470 g/mol. The number of piperazine rings is 1. The molecule has 6 nitrogen and oxygen atoms in total. The van der Waals surface area contributed by atoms with Crippen molar-refractivity contribution in [3.63, 3.8) is 0 Å². The zero-order chi connectivity index (χ0) is 22.6. The Kier molecular flexibility index (Phi) is 7.05. The molecule has 1 saturated heterocycles. The summed E-state index contributed by atoms with van der Waals surface area (Å²) < 4.78 is 28.5. The topological polar surface area (TPSA) is 69.7 Å². The number of carbonyl (C=O) groups is 1. The van der Waals surface area contributed by atoms with E-state index in [-0.39, 0.29) is 17.3 Å². The van der Waals surface area contributed by atoms with Gasteiger partial charge in [-0.25, -0.2) is 13.1 Å². The molecule has 3 aromatic rings. The molecule has 1 aromatic heterocycles. The fourth-order valence-corrected chi connectivity index (χ4v) is 5.82. The summed E-state index contributed by atoms with van der Waals surface area (Å²) in [6.07, 6.45) is 0. The van der Waals surface area contributed by atoms with E-state index in [1.54, 1.807) is 30.4 Å². The van der Waals surface area contributed by atoms with Crippen LogP contribution in [0.25, 0.3) is 0 Å². The monoisotopic (exact) mass is 469 g/mol. The molecule has 32 heavy (non-hydrogen) atoms. The number of hydrogen-bond acceptors (Lipinski definition) is 5. The summed E-state index contributed by atoms with van der Waals surface area (Å²) in [6.45, 7) is 5.72. The van der Waals surface area contributed by atoms with Crippen LogP contribution in [0.2, 0.25) is 0 Å². The molecule has 1 N–H and O–H groups in total. The molecule has 1 aliphatic rings. The van der Waals surface area contributed by atoms with Gasteiger partial charge in [0.25, 0.3) is 5.91 Å². The van der Waals surface area contributed by atoms with Crippen molar-refractivity contribution in [2.45, 2.75) is 24.9 Å². The average Bonchev–Trinajstić information content (AvgIpc) is 3.32. The highest BCUT2D eigenvalue weighted by Crippen LogP contribution is 2.20. The lowest BCUT2D eigenvalue weighted by Gasteiger charge is -2.34. The third-order valence-electron chi connectivity index (χ3n) is 5.65. The Morgan fingerprint density at radius 3 is 2.44 bits per heavy atom. The number of benzene rings is 2. The highest BCUT2D eigenvalue weighted by atomic mass is 32.2. The van der Waals surface area contributed by atoms with E-state index >= 15 is 0 Å². The number of hydrogen-bond donors (Lipinski definition) is 1. The van der Waals surface area contributed by atoms with Crippen molar-refractivity contribution in [3.05, 3.63) is 87.6 Å². The maximum Gasteiger partial charge on any atom is 0.253 e. The molecule has 2 aromatic carbocycles. The van der Waals surface area contributed by atoms with Crippen molar-refractivity contribution in [2.24, 2.45) is 0 Å². The van der Waals surface area contributed by atoms with Crippen LogP contribution in [-0.4, -0.2) is 50.3 Å². The first-order valence-corrected chi connectivity index (χ1v) is 13.0. The lowest BCUT2D eigenvalue weighted by Crippen LogP contribution is -2.48. The van der Waals surface area contributed by atoms with Gasteiger partial charge >= 0.3 is 0 Å². The largest absolute Gasteiger partial charge is 0.336 e. The molecule has 2 heterocycles. The molecule has 168 valence electrons. The fraction of sp³-hybridized carbons (Fsp3) is 0.292.